The molecule has 1 amide bonds. The zero-order valence-electron chi connectivity index (χ0n) is 10.9. The van der Waals surface area contributed by atoms with Crippen molar-refractivity contribution in [1.82, 2.24) is 4.90 Å². The number of nitrogens with zero attached hydrogens (tertiary/aromatic N) is 1. The molecule has 4 bridgehead atoms. The number of rotatable bonds is 2. The van der Waals surface area contributed by atoms with Crippen molar-refractivity contribution >= 4 is 5.91 Å². The molecule has 3 heteroatoms. The number of amides is 1. The van der Waals surface area contributed by atoms with E-state index in [1.165, 1.54) is 32.1 Å². The van der Waals surface area contributed by atoms with Crippen LogP contribution in [0, 0.1) is 23.7 Å². The molecule has 0 unspecified atom stereocenters. The van der Waals surface area contributed by atoms with E-state index < -0.39 is 0 Å². The van der Waals surface area contributed by atoms with E-state index in [-0.39, 0.29) is 11.9 Å². The van der Waals surface area contributed by atoms with E-state index in [2.05, 4.69) is 0 Å². The van der Waals surface area contributed by atoms with Crippen LogP contribution in [-0.2, 0) is 4.79 Å². The molecular weight excluding hydrogens is 212 g/mol. The minimum Gasteiger partial charge on any atom is -0.341 e. The fraction of sp³-hybridized carbons (Fsp3) is 0.929. The molecule has 4 saturated carbocycles. The van der Waals surface area contributed by atoms with Gasteiger partial charge in [-0.3, -0.25) is 4.79 Å². The predicted molar refractivity (Wildman–Crippen MR) is 67.3 cm³/mol. The van der Waals surface area contributed by atoms with Crippen LogP contribution in [0.3, 0.4) is 0 Å². The van der Waals surface area contributed by atoms with Crippen molar-refractivity contribution in [2.24, 2.45) is 29.4 Å². The number of carbonyl (C=O) groups is 1. The highest BCUT2D eigenvalue weighted by Crippen LogP contribution is 2.54. The van der Waals surface area contributed by atoms with Crippen LogP contribution < -0.4 is 5.73 Å². The Labute approximate surface area is 104 Å². The standard InChI is InChI=1S/C14H24N2O/c1-8(15)14(17)16(2)13-11-4-9-3-10(6-11)7-12(13)5-9/h8-13H,3-7,15H2,1-2H3/t8-,9?,10?,11?,12?,13?/m0/s1. The van der Waals surface area contributed by atoms with Gasteiger partial charge in [0.15, 0.2) is 0 Å². The van der Waals surface area contributed by atoms with Crippen molar-refractivity contribution in [3.8, 4) is 0 Å². The molecule has 0 saturated heterocycles. The summed E-state index contributed by atoms with van der Waals surface area (Å²) in [5.74, 6) is 3.58. The van der Waals surface area contributed by atoms with E-state index in [9.17, 15) is 4.79 Å². The second kappa shape index (κ2) is 3.98. The first kappa shape index (κ1) is 11.5. The van der Waals surface area contributed by atoms with Crippen LogP contribution >= 0.6 is 0 Å². The third-order valence-corrected chi connectivity index (χ3v) is 5.36. The fourth-order valence-electron chi connectivity index (χ4n) is 5.00. The Balaban J connectivity index is 1.77. The van der Waals surface area contributed by atoms with Crippen LogP contribution in [0.4, 0.5) is 0 Å². The van der Waals surface area contributed by atoms with Crippen molar-refractivity contribution in [1.29, 1.82) is 0 Å². The molecule has 4 aliphatic rings. The molecule has 0 heterocycles. The van der Waals surface area contributed by atoms with Crippen molar-refractivity contribution in [2.75, 3.05) is 7.05 Å². The lowest BCUT2D eigenvalue weighted by Crippen LogP contribution is -2.58. The first-order chi connectivity index (χ1) is 8.06. The number of likely N-dealkylation sites (N-methyl/N-ethyl adjacent to an activating group) is 1. The molecule has 0 aromatic rings. The molecule has 4 fully saturated rings. The SMILES string of the molecule is C[C@H](N)C(=O)N(C)C1C2CC3CC(C2)CC1C3. The molecule has 0 aliphatic heterocycles. The smallest absolute Gasteiger partial charge is 0.239 e. The lowest BCUT2D eigenvalue weighted by atomic mass is 9.54. The lowest BCUT2D eigenvalue weighted by Gasteiger charge is -2.56. The van der Waals surface area contributed by atoms with Crippen LogP contribution in [0.5, 0.6) is 0 Å². The van der Waals surface area contributed by atoms with Gasteiger partial charge in [-0.1, -0.05) is 0 Å². The van der Waals surface area contributed by atoms with E-state index in [0.29, 0.717) is 6.04 Å². The summed E-state index contributed by atoms with van der Waals surface area (Å²) in [4.78, 5) is 14.1. The quantitative estimate of drug-likeness (QED) is 0.792. The molecule has 4 aliphatic carbocycles. The van der Waals surface area contributed by atoms with Crippen molar-refractivity contribution < 1.29 is 4.79 Å². The number of hydrogen-bond acceptors (Lipinski definition) is 2. The van der Waals surface area contributed by atoms with Gasteiger partial charge in [0.05, 0.1) is 6.04 Å². The van der Waals surface area contributed by atoms with Gasteiger partial charge in [0.1, 0.15) is 0 Å². The third-order valence-electron chi connectivity index (χ3n) is 5.36. The predicted octanol–water partition coefficient (Wildman–Crippen LogP) is 1.62. The second-order valence-corrected chi connectivity index (χ2v) is 6.66. The highest BCUT2D eigenvalue weighted by molar-refractivity contribution is 5.81. The monoisotopic (exact) mass is 236 g/mol. The van der Waals surface area contributed by atoms with Gasteiger partial charge in [0, 0.05) is 13.1 Å². The largest absolute Gasteiger partial charge is 0.341 e. The average Bonchev–Trinajstić information content (AvgIpc) is 2.26. The van der Waals surface area contributed by atoms with Gasteiger partial charge in [-0.2, -0.15) is 0 Å². The maximum atomic E-state index is 12.1. The summed E-state index contributed by atoms with van der Waals surface area (Å²) >= 11 is 0. The first-order valence-electron chi connectivity index (χ1n) is 7.08. The van der Waals surface area contributed by atoms with Crippen LogP contribution in [0.25, 0.3) is 0 Å². The van der Waals surface area contributed by atoms with Gasteiger partial charge in [-0.15, -0.1) is 0 Å². The molecule has 4 rings (SSSR count). The van der Waals surface area contributed by atoms with E-state index in [0.717, 1.165) is 23.7 Å². The Hall–Kier alpha value is -0.570. The van der Waals surface area contributed by atoms with Crippen molar-refractivity contribution in [3.63, 3.8) is 0 Å². The molecule has 1 atom stereocenters. The van der Waals surface area contributed by atoms with E-state index in [1.54, 1.807) is 6.92 Å². The van der Waals surface area contributed by atoms with Gasteiger partial charge in [0.2, 0.25) is 5.91 Å². The van der Waals surface area contributed by atoms with Crippen molar-refractivity contribution in [2.45, 2.75) is 51.1 Å². The van der Waals surface area contributed by atoms with Gasteiger partial charge < -0.3 is 10.6 Å². The summed E-state index contributed by atoms with van der Waals surface area (Å²) < 4.78 is 0. The lowest BCUT2D eigenvalue weighted by molar-refractivity contribution is -0.142. The number of nitrogens with two attached hydrogens (primary N) is 1. The molecule has 0 aromatic carbocycles. The summed E-state index contributed by atoms with van der Waals surface area (Å²) in [6.07, 6.45) is 6.88. The Morgan fingerprint density at radius 3 is 2.00 bits per heavy atom. The molecule has 0 spiro atoms. The van der Waals surface area contributed by atoms with Gasteiger partial charge >= 0.3 is 0 Å². The minimum atomic E-state index is -0.350. The highest BCUT2D eigenvalue weighted by atomic mass is 16.2. The Morgan fingerprint density at radius 2 is 1.59 bits per heavy atom. The van der Waals surface area contributed by atoms with Crippen LogP contribution in [0.2, 0.25) is 0 Å². The van der Waals surface area contributed by atoms with E-state index in [4.69, 9.17) is 5.73 Å². The second-order valence-electron chi connectivity index (χ2n) is 6.66. The zero-order valence-corrected chi connectivity index (χ0v) is 10.9. The molecule has 3 nitrogen and oxygen atoms in total. The third kappa shape index (κ3) is 1.79. The highest BCUT2D eigenvalue weighted by Gasteiger charge is 2.50. The minimum absolute atomic E-state index is 0.127. The summed E-state index contributed by atoms with van der Waals surface area (Å²) in [5, 5.41) is 0. The summed E-state index contributed by atoms with van der Waals surface area (Å²) in [5.41, 5.74) is 5.74. The van der Waals surface area contributed by atoms with Crippen molar-refractivity contribution in [3.05, 3.63) is 0 Å². The normalized spacial score (nSPS) is 44.8. The number of carbonyl (C=O) groups excluding carboxylic acids is 1. The summed E-state index contributed by atoms with van der Waals surface area (Å²) in [6, 6.07) is 0.137. The number of hydrogen-bond donors (Lipinski definition) is 1. The summed E-state index contributed by atoms with van der Waals surface area (Å²) in [6.45, 7) is 1.80. The Kier molecular flexibility index (Phi) is 2.69. The molecular formula is C14H24N2O. The topological polar surface area (TPSA) is 46.3 Å². The fourth-order valence-corrected chi connectivity index (χ4v) is 5.00. The van der Waals surface area contributed by atoms with E-state index >= 15 is 0 Å². The van der Waals surface area contributed by atoms with Crippen LogP contribution in [0.15, 0.2) is 0 Å². The maximum Gasteiger partial charge on any atom is 0.239 e. The van der Waals surface area contributed by atoms with E-state index in [1.807, 2.05) is 11.9 Å². The average molecular weight is 236 g/mol. The summed E-state index contributed by atoms with van der Waals surface area (Å²) in [7, 11) is 1.97. The molecule has 0 aromatic heterocycles. The van der Waals surface area contributed by atoms with Crippen LogP contribution in [-0.4, -0.2) is 29.9 Å². The first-order valence-corrected chi connectivity index (χ1v) is 7.08. The van der Waals surface area contributed by atoms with Gasteiger partial charge in [-0.05, 0) is 62.7 Å². The van der Waals surface area contributed by atoms with Gasteiger partial charge in [-0.25, -0.2) is 0 Å². The van der Waals surface area contributed by atoms with Gasteiger partial charge in [0.25, 0.3) is 0 Å². The Bertz CT molecular complexity index is 298. The maximum absolute atomic E-state index is 12.1. The molecule has 96 valence electrons. The zero-order chi connectivity index (χ0) is 12.2. The molecule has 2 N–H and O–H groups in total. The molecule has 0 radical (unpaired) electrons. The van der Waals surface area contributed by atoms with Crippen LogP contribution in [0.1, 0.15) is 39.0 Å². The molecule has 17 heavy (non-hydrogen) atoms. The Morgan fingerprint density at radius 1 is 1.12 bits per heavy atom.